The highest BCUT2D eigenvalue weighted by atomic mass is 79.9. The molecule has 0 spiro atoms. The third kappa shape index (κ3) is 2.16. The number of ketones is 1. The molecular weight excluding hydrogens is 342 g/mol. The second kappa shape index (κ2) is 4.75. The Kier molecular flexibility index (Phi) is 3.18. The molecule has 0 atom stereocenters. The molecule has 1 N–H and O–H groups in total. The zero-order valence-electron chi connectivity index (χ0n) is 10.7. The van der Waals surface area contributed by atoms with Crippen LogP contribution in [0.2, 0.25) is 0 Å². The maximum absolute atomic E-state index is 11.6. The van der Waals surface area contributed by atoms with Crippen molar-refractivity contribution in [3.63, 3.8) is 0 Å². The van der Waals surface area contributed by atoms with E-state index in [-0.39, 0.29) is 0 Å². The minimum absolute atomic E-state index is 0.410. The summed E-state index contributed by atoms with van der Waals surface area (Å²) < 4.78 is 2.58. The Bertz CT molecular complexity index is 754. The van der Waals surface area contributed by atoms with Crippen LogP contribution < -0.4 is 5.32 Å². The molecule has 1 aromatic carbocycles. The van der Waals surface area contributed by atoms with Crippen molar-refractivity contribution in [3.05, 3.63) is 33.9 Å². The number of fused-ring (bicyclic) bond motifs is 1. The van der Waals surface area contributed by atoms with Gasteiger partial charge in [0, 0.05) is 16.4 Å². The first-order valence-electron chi connectivity index (χ1n) is 5.83. The van der Waals surface area contributed by atoms with Gasteiger partial charge >= 0.3 is 0 Å². The molecule has 0 saturated heterocycles. The number of Topliss-reactive ketones (excluding diaryl/α,β-unsaturated/α-hetero) is 1. The van der Waals surface area contributed by atoms with Crippen LogP contribution in [0.3, 0.4) is 0 Å². The van der Waals surface area contributed by atoms with Gasteiger partial charge in [0.2, 0.25) is 0 Å². The van der Waals surface area contributed by atoms with E-state index in [4.69, 9.17) is 0 Å². The predicted molar refractivity (Wildman–Crippen MR) is 79.2 cm³/mol. The highest BCUT2D eigenvalue weighted by molar-refractivity contribution is 9.10. The lowest BCUT2D eigenvalue weighted by Crippen LogP contribution is -2.12. The van der Waals surface area contributed by atoms with E-state index in [1.54, 1.807) is 16.8 Å². The Hall–Kier alpha value is -1.60. The summed E-state index contributed by atoms with van der Waals surface area (Å²) in [5.74, 6) is -1.07. The first-order chi connectivity index (χ1) is 9.45. The molecule has 0 unspecified atom stereocenters. The average Bonchev–Trinajstić information content (AvgIpc) is 2.83. The van der Waals surface area contributed by atoms with Crippen LogP contribution in [-0.2, 0) is 11.8 Å². The van der Waals surface area contributed by atoms with Crippen LogP contribution in [-0.4, -0.2) is 21.5 Å². The van der Waals surface area contributed by atoms with Crippen molar-refractivity contribution in [2.24, 2.45) is 7.05 Å². The molecule has 2 heterocycles. The van der Waals surface area contributed by atoms with E-state index in [0.717, 1.165) is 20.1 Å². The van der Waals surface area contributed by atoms with Crippen molar-refractivity contribution >= 4 is 45.1 Å². The lowest BCUT2D eigenvalue weighted by Gasteiger charge is -2.07. The summed E-state index contributed by atoms with van der Waals surface area (Å²) in [6.45, 7) is 1.93. The SMILES string of the molecule is Cc1cc(Sc2cc3c(cc2Br)C(=O)C(=O)N3)n(C)n1. The molecule has 1 aliphatic rings. The van der Waals surface area contributed by atoms with Gasteiger partial charge < -0.3 is 5.32 Å². The number of nitrogens with zero attached hydrogens (tertiary/aromatic N) is 2. The lowest BCUT2D eigenvalue weighted by molar-refractivity contribution is -0.112. The Morgan fingerprint density at radius 2 is 2.05 bits per heavy atom. The third-order valence-corrected chi connectivity index (χ3v) is 5.01. The quantitative estimate of drug-likeness (QED) is 0.845. The first kappa shape index (κ1) is 13.4. The number of anilines is 1. The summed E-state index contributed by atoms with van der Waals surface area (Å²) in [6.07, 6.45) is 0. The number of nitrogens with one attached hydrogen (secondary N) is 1. The number of hydrogen-bond donors (Lipinski definition) is 1. The Morgan fingerprint density at radius 3 is 2.70 bits per heavy atom. The van der Waals surface area contributed by atoms with Crippen molar-refractivity contribution in [2.75, 3.05) is 5.32 Å². The number of rotatable bonds is 2. The fourth-order valence-corrected chi connectivity index (χ4v) is 3.57. The fourth-order valence-electron chi connectivity index (χ4n) is 2.02. The van der Waals surface area contributed by atoms with E-state index in [0.29, 0.717) is 11.3 Å². The molecule has 1 aromatic heterocycles. The Balaban J connectivity index is 2.00. The van der Waals surface area contributed by atoms with Gasteiger partial charge in [0.25, 0.3) is 11.7 Å². The van der Waals surface area contributed by atoms with Gasteiger partial charge in [0.15, 0.2) is 0 Å². The van der Waals surface area contributed by atoms with Crippen molar-refractivity contribution in [1.29, 1.82) is 0 Å². The largest absolute Gasteiger partial charge is 0.318 e. The highest BCUT2D eigenvalue weighted by Crippen LogP contribution is 2.38. The molecule has 0 aliphatic carbocycles. The van der Waals surface area contributed by atoms with Gasteiger partial charge in [-0.25, -0.2) is 0 Å². The monoisotopic (exact) mass is 351 g/mol. The summed E-state index contributed by atoms with van der Waals surface area (Å²) in [4.78, 5) is 23.9. The van der Waals surface area contributed by atoms with Crippen LogP contribution >= 0.6 is 27.7 Å². The topological polar surface area (TPSA) is 64.0 Å². The van der Waals surface area contributed by atoms with Crippen LogP contribution in [0, 0.1) is 6.92 Å². The highest BCUT2D eigenvalue weighted by Gasteiger charge is 2.29. The maximum atomic E-state index is 11.6. The van der Waals surface area contributed by atoms with Crippen LogP contribution in [0.5, 0.6) is 0 Å². The number of carbonyl (C=O) groups is 2. The first-order valence-corrected chi connectivity index (χ1v) is 7.44. The summed E-state index contributed by atoms with van der Waals surface area (Å²) in [6, 6.07) is 5.46. The number of aromatic nitrogens is 2. The smallest absolute Gasteiger partial charge is 0.296 e. The molecule has 7 heteroatoms. The van der Waals surface area contributed by atoms with Crippen LogP contribution in [0.25, 0.3) is 0 Å². The number of aryl methyl sites for hydroxylation is 2. The van der Waals surface area contributed by atoms with Crippen molar-refractivity contribution < 1.29 is 9.59 Å². The molecule has 5 nitrogen and oxygen atoms in total. The van der Waals surface area contributed by atoms with E-state index in [9.17, 15) is 9.59 Å². The molecule has 1 amide bonds. The molecule has 3 rings (SSSR count). The zero-order chi connectivity index (χ0) is 14.4. The molecule has 102 valence electrons. The molecule has 0 radical (unpaired) electrons. The van der Waals surface area contributed by atoms with E-state index >= 15 is 0 Å². The van der Waals surface area contributed by atoms with Gasteiger partial charge in [-0.3, -0.25) is 14.3 Å². The van der Waals surface area contributed by atoms with Crippen LogP contribution in [0.4, 0.5) is 5.69 Å². The van der Waals surface area contributed by atoms with Gasteiger partial charge in [-0.1, -0.05) is 11.8 Å². The van der Waals surface area contributed by atoms with Gasteiger partial charge in [0.05, 0.1) is 22.0 Å². The van der Waals surface area contributed by atoms with Gasteiger partial charge in [-0.05, 0) is 41.1 Å². The summed E-state index contributed by atoms with van der Waals surface area (Å²) in [5.41, 5.74) is 1.91. The molecular formula is C13H10BrN3O2S. The molecule has 0 fully saturated rings. The fraction of sp³-hybridized carbons (Fsp3) is 0.154. The second-order valence-electron chi connectivity index (χ2n) is 4.46. The Morgan fingerprint density at radius 1 is 1.30 bits per heavy atom. The van der Waals surface area contributed by atoms with Gasteiger partial charge in [-0.15, -0.1) is 0 Å². The normalized spacial score (nSPS) is 13.6. The van der Waals surface area contributed by atoms with Crippen LogP contribution in [0.15, 0.2) is 32.6 Å². The predicted octanol–water partition coefficient (Wildman–Crippen LogP) is 2.78. The second-order valence-corrected chi connectivity index (χ2v) is 6.38. The Labute approximate surface area is 127 Å². The molecule has 20 heavy (non-hydrogen) atoms. The minimum Gasteiger partial charge on any atom is -0.318 e. The van der Waals surface area contributed by atoms with Crippen molar-refractivity contribution in [1.82, 2.24) is 9.78 Å². The number of carbonyl (C=O) groups excluding carboxylic acids is 2. The number of benzene rings is 1. The summed E-state index contributed by atoms with van der Waals surface area (Å²) in [7, 11) is 1.88. The molecule has 2 aromatic rings. The van der Waals surface area contributed by atoms with Gasteiger partial charge in [0.1, 0.15) is 0 Å². The lowest BCUT2D eigenvalue weighted by atomic mass is 10.1. The standard InChI is InChI=1S/C13H10BrN3O2S/c1-6-3-11(17(2)16-6)20-10-5-9-7(4-8(10)14)12(18)13(19)15-9/h3-5H,1-2H3,(H,15,18,19). The van der Waals surface area contributed by atoms with E-state index in [1.807, 2.05) is 20.0 Å². The third-order valence-electron chi connectivity index (χ3n) is 2.94. The average molecular weight is 352 g/mol. The number of hydrogen-bond acceptors (Lipinski definition) is 4. The van der Waals surface area contributed by atoms with Crippen molar-refractivity contribution in [3.8, 4) is 0 Å². The minimum atomic E-state index is -0.578. The number of amides is 1. The van der Waals surface area contributed by atoms with Crippen LogP contribution in [0.1, 0.15) is 16.1 Å². The van der Waals surface area contributed by atoms with Gasteiger partial charge in [-0.2, -0.15) is 5.10 Å². The van der Waals surface area contributed by atoms with Crippen molar-refractivity contribution in [2.45, 2.75) is 16.8 Å². The number of halogens is 1. The maximum Gasteiger partial charge on any atom is 0.296 e. The molecule has 1 aliphatic heterocycles. The summed E-state index contributed by atoms with van der Waals surface area (Å²) in [5, 5.41) is 7.85. The molecule has 0 saturated carbocycles. The van der Waals surface area contributed by atoms with E-state index < -0.39 is 11.7 Å². The summed E-state index contributed by atoms with van der Waals surface area (Å²) >= 11 is 4.97. The molecule has 0 bridgehead atoms. The zero-order valence-corrected chi connectivity index (χ0v) is 13.1. The van der Waals surface area contributed by atoms with E-state index in [1.165, 1.54) is 11.8 Å². The van der Waals surface area contributed by atoms with E-state index in [2.05, 4.69) is 26.3 Å².